The van der Waals surface area contributed by atoms with Crippen molar-refractivity contribution in [3.05, 3.63) is 59.9 Å². The van der Waals surface area contributed by atoms with Crippen LogP contribution >= 0.6 is 0 Å². The Balaban J connectivity index is 2.53. The minimum Gasteiger partial charge on any atom is -0.267 e. The number of halogens is 1. The molecule has 0 atom stereocenters. The maximum atomic E-state index is 13.3. The number of benzene rings is 2. The summed E-state index contributed by atoms with van der Waals surface area (Å²) >= 11 is 0. The second-order valence-corrected chi connectivity index (χ2v) is 6.12. The molecule has 0 aliphatic carbocycles. The van der Waals surface area contributed by atoms with Gasteiger partial charge in [0.25, 0.3) is 10.0 Å². The van der Waals surface area contributed by atoms with E-state index in [4.69, 9.17) is 5.26 Å². The van der Waals surface area contributed by atoms with E-state index in [0.717, 1.165) is 18.2 Å². The van der Waals surface area contributed by atoms with Crippen molar-refractivity contribution in [2.75, 3.05) is 10.8 Å². The molecule has 0 spiro atoms. The molecule has 0 unspecified atom stereocenters. The summed E-state index contributed by atoms with van der Waals surface area (Å²) in [4.78, 5) is -0.105. The number of sulfonamides is 1. The smallest absolute Gasteiger partial charge is 0.264 e. The lowest BCUT2D eigenvalue weighted by molar-refractivity contribution is 0.590. The van der Waals surface area contributed by atoms with E-state index >= 15 is 0 Å². The Morgan fingerprint density at radius 3 is 2.43 bits per heavy atom. The summed E-state index contributed by atoms with van der Waals surface area (Å²) < 4.78 is 39.8. The molecule has 0 aliphatic heterocycles. The van der Waals surface area contributed by atoms with Crippen LogP contribution in [0.15, 0.2) is 53.4 Å². The first-order chi connectivity index (χ1) is 10.0. The predicted octanol–water partition coefficient (Wildman–Crippen LogP) is 2.91. The highest BCUT2D eigenvalue weighted by atomic mass is 32.2. The van der Waals surface area contributed by atoms with Gasteiger partial charge in [0.1, 0.15) is 11.9 Å². The molecule has 2 rings (SSSR count). The van der Waals surface area contributed by atoms with Crippen LogP contribution in [0.2, 0.25) is 0 Å². The SMILES string of the molecule is CCN(c1ccccc1)S(=O)(=O)c1ccc(F)c(C#N)c1. The Morgan fingerprint density at radius 1 is 1.19 bits per heavy atom. The van der Waals surface area contributed by atoms with Crippen molar-refractivity contribution >= 4 is 15.7 Å². The molecule has 0 amide bonds. The molecule has 2 aromatic rings. The lowest BCUT2D eigenvalue weighted by atomic mass is 10.2. The quantitative estimate of drug-likeness (QED) is 0.872. The highest BCUT2D eigenvalue weighted by Gasteiger charge is 2.24. The average molecular weight is 304 g/mol. The Bertz CT molecular complexity index is 783. The van der Waals surface area contributed by atoms with Crippen LogP contribution in [0.25, 0.3) is 0 Å². The van der Waals surface area contributed by atoms with E-state index in [-0.39, 0.29) is 17.0 Å². The van der Waals surface area contributed by atoms with Crippen molar-refractivity contribution < 1.29 is 12.8 Å². The normalized spacial score (nSPS) is 10.9. The number of hydrogen-bond donors (Lipinski definition) is 0. The van der Waals surface area contributed by atoms with Gasteiger partial charge in [-0.3, -0.25) is 4.31 Å². The summed E-state index contributed by atoms with van der Waals surface area (Å²) in [5.41, 5.74) is 0.225. The molecule has 6 heteroatoms. The van der Waals surface area contributed by atoms with Gasteiger partial charge >= 0.3 is 0 Å². The van der Waals surface area contributed by atoms with Crippen LogP contribution in [0.4, 0.5) is 10.1 Å². The van der Waals surface area contributed by atoms with Gasteiger partial charge in [-0.2, -0.15) is 5.26 Å². The fourth-order valence-electron chi connectivity index (χ4n) is 1.96. The van der Waals surface area contributed by atoms with E-state index in [1.165, 1.54) is 4.31 Å². The zero-order valence-corrected chi connectivity index (χ0v) is 12.1. The molecule has 108 valence electrons. The van der Waals surface area contributed by atoms with Crippen LogP contribution in [0, 0.1) is 17.1 Å². The van der Waals surface area contributed by atoms with E-state index in [1.54, 1.807) is 43.3 Å². The average Bonchev–Trinajstić information content (AvgIpc) is 2.49. The summed E-state index contributed by atoms with van der Waals surface area (Å²) in [7, 11) is -3.84. The van der Waals surface area contributed by atoms with Gasteiger partial charge < -0.3 is 0 Å². The Kier molecular flexibility index (Phi) is 4.24. The molecular weight excluding hydrogens is 291 g/mol. The number of rotatable bonds is 4. The van der Waals surface area contributed by atoms with E-state index in [9.17, 15) is 12.8 Å². The maximum absolute atomic E-state index is 13.3. The third-order valence-electron chi connectivity index (χ3n) is 2.98. The van der Waals surface area contributed by atoms with E-state index in [1.807, 2.05) is 0 Å². The van der Waals surface area contributed by atoms with Crippen LogP contribution in [-0.2, 0) is 10.0 Å². The molecule has 0 saturated heterocycles. The van der Waals surface area contributed by atoms with Crippen LogP contribution in [0.1, 0.15) is 12.5 Å². The lowest BCUT2D eigenvalue weighted by Gasteiger charge is -2.23. The van der Waals surface area contributed by atoms with Gasteiger partial charge in [-0.05, 0) is 37.3 Å². The standard InChI is InChI=1S/C15H13FN2O2S/c1-2-18(13-6-4-3-5-7-13)21(19,20)14-8-9-15(16)12(10-14)11-17/h3-10H,2H2,1H3. The third kappa shape index (κ3) is 2.88. The largest absolute Gasteiger partial charge is 0.267 e. The summed E-state index contributed by atoms with van der Waals surface area (Å²) in [6, 6.07) is 13.5. The summed E-state index contributed by atoms with van der Waals surface area (Å²) in [6.45, 7) is 1.94. The number of hydrogen-bond acceptors (Lipinski definition) is 3. The minimum absolute atomic E-state index is 0.105. The number of anilines is 1. The van der Waals surface area contributed by atoms with E-state index in [0.29, 0.717) is 5.69 Å². The third-order valence-corrected chi connectivity index (χ3v) is 4.88. The van der Waals surface area contributed by atoms with Crippen LogP contribution in [-0.4, -0.2) is 15.0 Å². The second kappa shape index (κ2) is 5.94. The van der Waals surface area contributed by atoms with Gasteiger partial charge in [-0.1, -0.05) is 18.2 Å². The molecule has 4 nitrogen and oxygen atoms in total. The van der Waals surface area contributed by atoms with Gasteiger partial charge in [0.2, 0.25) is 0 Å². The van der Waals surface area contributed by atoms with Gasteiger partial charge in [0.05, 0.1) is 16.1 Å². The molecular formula is C15H13FN2O2S. The van der Waals surface area contributed by atoms with Crippen LogP contribution in [0.5, 0.6) is 0 Å². The fraction of sp³-hybridized carbons (Fsp3) is 0.133. The summed E-state index contributed by atoms with van der Waals surface area (Å²) in [5, 5.41) is 8.82. The van der Waals surface area contributed by atoms with Crippen molar-refractivity contribution in [2.24, 2.45) is 0 Å². The topological polar surface area (TPSA) is 61.2 Å². The second-order valence-electron chi connectivity index (χ2n) is 4.26. The molecule has 0 saturated carbocycles. The first kappa shape index (κ1) is 15.0. The van der Waals surface area contributed by atoms with Gasteiger partial charge in [0, 0.05) is 6.54 Å². The molecule has 0 bridgehead atoms. The molecule has 2 aromatic carbocycles. The predicted molar refractivity (Wildman–Crippen MR) is 77.8 cm³/mol. The zero-order valence-electron chi connectivity index (χ0n) is 11.3. The fourth-order valence-corrected chi connectivity index (χ4v) is 3.46. The summed E-state index contributed by atoms with van der Waals surface area (Å²) in [6.07, 6.45) is 0. The summed E-state index contributed by atoms with van der Waals surface area (Å²) in [5.74, 6) is -0.737. The number of para-hydroxylation sites is 1. The molecule has 0 N–H and O–H groups in total. The Morgan fingerprint density at radius 2 is 1.86 bits per heavy atom. The number of nitriles is 1. The van der Waals surface area contributed by atoms with Crippen molar-refractivity contribution in [3.8, 4) is 6.07 Å². The highest BCUT2D eigenvalue weighted by molar-refractivity contribution is 7.92. The van der Waals surface area contributed by atoms with Crippen LogP contribution < -0.4 is 4.31 Å². The van der Waals surface area contributed by atoms with Crippen LogP contribution in [0.3, 0.4) is 0 Å². The van der Waals surface area contributed by atoms with E-state index in [2.05, 4.69) is 0 Å². The van der Waals surface area contributed by atoms with Crippen molar-refractivity contribution in [1.29, 1.82) is 5.26 Å². The Hall–Kier alpha value is -2.39. The molecule has 0 radical (unpaired) electrons. The molecule has 21 heavy (non-hydrogen) atoms. The molecule has 0 fully saturated rings. The zero-order chi connectivity index (χ0) is 15.5. The van der Waals surface area contributed by atoms with Crippen molar-refractivity contribution in [3.63, 3.8) is 0 Å². The van der Waals surface area contributed by atoms with Gasteiger partial charge in [-0.15, -0.1) is 0 Å². The lowest BCUT2D eigenvalue weighted by Crippen LogP contribution is -2.30. The van der Waals surface area contributed by atoms with Gasteiger partial charge in [-0.25, -0.2) is 12.8 Å². The molecule has 0 aromatic heterocycles. The van der Waals surface area contributed by atoms with E-state index < -0.39 is 15.8 Å². The number of nitrogens with zero attached hydrogens (tertiary/aromatic N) is 2. The molecule has 0 aliphatic rings. The first-order valence-corrected chi connectivity index (χ1v) is 7.72. The highest BCUT2D eigenvalue weighted by Crippen LogP contribution is 2.24. The van der Waals surface area contributed by atoms with Gasteiger partial charge in [0.15, 0.2) is 0 Å². The monoisotopic (exact) mass is 304 g/mol. The minimum atomic E-state index is -3.84. The first-order valence-electron chi connectivity index (χ1n) is 6.28. The Labute approximate surface area is 123 Å². The van der Waals surface area contributed by atoms with Crippen molar-refractivity contribution in [1.82, 2.24) is 0 Å². The maximum Gasteiger partial charge on any atom is 0.264 e. The molecule has 0 heterocycles. The van der Waals surface area contributed by atoms with Crippen molar-refractivity contribution in [2.45, 2.75) is 11.8 Å².